The first-order valence-corrected chi connectivity index (χ1v) is 5.46. The lowest BCUT2D eigenvalue weighted by Gasteiger charge is -2.21. The minimum atomic E-state index is -0.479. The summed E-state index contributed by atoms with van der Waals surface area (Å²) in [4.78, 5) is 33.5. The molecule has 1 aliphatic heterocycles. The van der Waals surface area contributed by atoms with Crippen LogP contribution in [-0.2, 0) is 19.1 Å². The molecule has 2 amide bonds. The minimum absolute atomic E-state index is 0.172. The van der Waals surface area contributed by atoms with Gasteiger partial charge in [-0.25, -0.2) is 4.79 Å². The predicted molar refractivity (Wildman–Crippen MR) is 59.9 cm³/mol. The van der Waals surface area contributed by atoms with Gasteiger partial charge in [0.1, 0.15) is 0 Å². The van der Waals surface area contributed by atoms with Crippen molar-refractivity contribution in [2.75, 3.05) is 13.2 Å². The Bertz CT molecular complexity index is 351. The van der Waals surface area contributed by atoms with E-state index in [1.165, 1.54) is 0 Å². The highest BCUT2D eigenvalue weighted by Crippen LogP contribution is 2.05. The molecule has 0 aromatic carbocycles. The van der Waals surface area contributed by atoms with Crippen LogP contribution in [0.15, 0.2) is 12.2 Å². The summed E-state index contributed by atoms with van der Waals surface area (Å²) in [6.45, 7) is 5.73. The molecule has 0 spiro atoms. The van der Waals surface area contributed by atoms with Crippen molar-refractivity contribution in [2.24, 2.45) is 0 Å². The van der Waals surface area contributed by atoms with Crippen LogP contribution in [-0.4, -0.2) is 37.0 Å². The number of imide groups is 1. The highest BCUT2D eigenvalue weighted by Gasteiger charge is 2.26. The Morgan fingerprint density at radius 1 is 1.59 bits per heavy atom. The Morgan fingerprint density at radius 2 is 2.29 bits per heavy atom. The zero-order valence-electron chi connectivity index (χ0n) is 9.75. The van der Waals surface area contributed by atoms with Gasteiger partial charge in [0.25, 0.3) is 0 Å². The number of esters is 1. The van der Waals surface area contributed by atoms with E-state index in [9.17, 15) is 14.4 Å². The SMILES string of the molecule is C=C(CNC1CCC(=O)NC1=O)C(=O)OCC. The zero-order chi connectivity index (χ0) is 12.8. The molecule has 0 bridgehead atoms. The number of piperidine rings is 1. The number of amides is 2. The first kappa shape index (κ1) is 13.4. The van der Waals surface area contributed by atoms with E-state index in [0.29, 0.717) is 12.8 Å². The number of hydrogen-bond acceptors (Lipinski definition) is 5. The van der Waals surface area contributed by atoms with Crippen molar-refractivity contribution in [3.05, 3.63) is 12.2 Å². The third kappa shape index (κ3) is 3.99. The molecule has 17 heavy (non-hydrogen) atoms. The number of ether oxygens (including phenoxy) is 1. The Kier molecular flexibility index (Phi) is 4.84. The maximum absolute atomic E-state index is 11.4. The Balaban J connectivity index is 2.35. The third-order valence-corrected chi connectivity index (χ3v) is 2.37. The third-order valence-electron chi connectivity index (χ3n) is 2.37. The van der Waals surface area contributed by atoms with Crippen LogP contribution in [0, 0.1) is 0 Å². The van der Waals surface area contributed by atoms with E-state index in [1.54, 1.807) is 6.92 Å². The largest absolute Gasteiger partial charge is 0.463 e. The van der Waals surface area contributed by atoms with E-state index in [4.69, 9.17) is 4.74 Å². The highest BCUT2D eigenvalue weighted by atomic mass is 16.5. The van der Waals surface area contributed by atoms with Crippen LogP contribution in [0.5, 0.6) is 0 Å². The first-order valence-electron chi connectivity index (χ1n) is 5.46. The Hall–Kier alpha value is -1.69. The van der Waals surface area contributed by atoms with Gasteiger partial charge in [-0.2, -0.15) is 0 Å². The van der Waals surface area contributed by atoms with Crippen LogP contribution in [0.25, 0.3) is 0 Å². The standard InChI is InChI=1S/C11H16N2O4/c1-3-17-11(16)7(2)6-12-8-4-5-9(14)13-10(8)15/h8,12H,2-6H2,1H3,(H,13,14,15). The van der Waals surface area contributed by atoms with Crippen LogP contribution in [0.4, 0.5) is 0 Å². The van der Waals surface area contributed by atoms with Gasteiger partial charge in [-0.3, -0.25) is 14.9 Å². The number of carbonyl (C=O) groups excluding carboxylic acids is 3. The van der Waals surface area contributed by atoms with E-state index < -0.39 is 12.0 Å². The molecular formula is C11H16N2O4. The molecule has 1 heterocycles. The molecule has 1 fully saturated rings. The topological polar surface area (TPSA) is 84.5 Å². The molecule has 0 radical (unpaired) electrons. The molecule has 94 valence electrons. The summed E-state index contributed by atoms with van der Waals surface area (Å²) in [6.07, 6.45) is 0.732. The van der Waals surface area contributed by atoms with E-state index in [-0.39, 0.29) is 30.5 Å². The van der Waals surface area contributed by atoms with Crippen molar-refractivity contribution >= 4 is 17.8 Å². The van der Waals surface area contributed by atoms with Gasteiger partial charge < -0.3 is 10.1 Å². The van der Waals surface area contributed by atoms with Gasteiger partial charge in [0.05, 0.1) is 12.6 Å². The lowest BCUT2D eigenvalue weighted by Crippen LogP contribution is -2.51. The molecular weight excluding hydrogens is 224 g/mol. The van der Waals surface area contributed by atoms with E-state index >= 15 is 0 Å². The summed E-state index contributed by atoms with van der Waals surface area (Å²) < 4.78 is 4.75. The second kappa shape index (κ2) is 6.15. The minimum Gasteiger partial charge on any atom is -0.463 e. The van der Waals surface area contributed by atoms with E-state index in [0.717, 1.165) is 0 Å². The molecule has 0 aromatic rings. The second-order valence-electron chi connectivity index (χ2n) is 3.71. The summed E-state index contributed by atoms with van der Waals surface area (Å²) in [6, 6.07) is -0.459. The van der Waals surface area contributed by atoms with Crippen LogP contribution in [0.3, 0.4) is 0 Å². The highest BCUT2D eigenvalue weighted by molar-refractivity contribution is 6.00. The molecule has 0 aliphatic carbocycles. The van der Waals surface area contributed by atoms with Crippen LogP contribution >= 0.6 is 0 Å². The molecule has 1 aliphatic rings. The van der Waals surface area contributed by atoms with Gasteiger partial charge >= 0.3 is 5.97 Å². The van der Waals surface area contributed by atoms with Crippen LogP contribution < -0.4 is 10.6 Å². The van der Waals surface area contributed by atoms with E-state index in [1.807, 2.05) is 0 Å². The maximum atomic E-state index is 11.4. The summed E-state index contributed by atoms with van der Waals surface area (Å²) in [7, 11) is 0. The fourth-order valence-electron chi connectivity index (χ4n) is 1.44. The normalized spacial score (nSPS) is 19.7. The predicted octanol–water partition coefficient (Wildman–Crippen LogP) is -0.499. The maximum Gasteiger partial charge on any atom is 0.334 e. The monoisotopic (exact) mass is 240 g/mol. The van der Waals surface area contributed by atoms with Gasteiger partial charge in [-0.15, -0.1) is 0 Å². The van der Waals surface area contributed by atoms with Gasteiger partial charge in [0.2, 0.25) is 11.8 Å². The van der Waals surface area contributed by atoms with Crippen molar-refractivity contribution in [1.29, 1.82) is 0 Å². The lowest BCUT2D eigenvalue weighted by molar-refractivity contribution is -0.139. The fraction of sp³-hybridized carbons (Fsp3) is 0.545. The summed E-state index contributed by atoms with van der Waals surface area (Å²) in [5, 5.41) is 5.09. The van der Waals surface area contributed by atoms with Crippen molar-refractivity contribution < 1.29 is 19.1 Å². The molecule has 1 rings (SSSR count). The summed E-state index contributed by atoms with van der Waals surface area (Å²) in [5.41, 5.74) is 0.261. The number of rotatable bonds is 5. The average molecular weight is 240 g/mol. The Morgan fingerprint density at radius 3 is 2.88 bits per heavy atom. The molecule has 0 aromatic heterocycles. The van der Waals surface area contributed by atoms with Crippen LogP contribution in [0.1, 0.15) is 19.8 Å². The molecule has 6 heteroatoms. The summed E-state index contributed by atoms with van der Waals surface area (Å²) >= 11 is 0. The van der Waals surface area contributed by atoms with E-state index in [2.05, 4.69) is 17.2 Å². The molecule has 0 saturated carbocycles. The first-order chi connectivity index (χ1) is 8.04. The van der Waals surface area contributed by atoms with Crippen molar-refractivity contribution in [2.45, 2.75) is 25.8 Å². The molecule has 1 saturated heterocycles. The average Bonchev–Trinajstić information content (AvgIpc) is 2.27. The lowest BCUT2D eigenvalue weighted by atomic mass is 10.1. The molecule has 1 atom stereocenters. The summed E-state index contributed by atoms with van der Waals surface area (Å²) in [5.74, 6) is -1.11. The van der Waals surface area contributed by atoms with Crippen molar-refractivity contribution in [3.63, 3.8) is 0 Å². The fourth-order valence-corrected chi connectivity index (χ4v) is 1.44. The smallest absolute Gasteiger partial charge is 0.334 e. The second-order valence-corrected chi connectivity index (χ2v) is 3.71. The number of carbonyl (C=O) groups is 3. The van der Waals surface area contributed by atoms with Gasteiger partial charge in [0.15, 0.2) is 0 Å². The van der Waals surface area contributed by atoms with Gasteiger partial charge in [-0.05, 0) is 13.3 Å². The van der Waals surface area contributed by atoms with Gasteiger partial charge in [-0.1, -0.05) is 6.58 Å². The van der Waals surface area contributed by atoms with Crippen LogP contribution in [0.2, 0.25) is 0 Å². The molecule has 1 unspecified atom stereocenters. The number of nitrogens with one attached hydrogen (secondary N) is 2. The molecule has 6 nitrogen and oxygen atoms in total. The van der Waals surface area contributed by atoms with Crippen molar-refractivity contribution in [3.8, 4) is 0 Å². The number of hydrogen-bond donors (Lipinski definition) is 2. The van der Waals surface area contributed by atoms with Crippen molar-refractivity contribution in [1.82, 2.24) is 10.6 Å². The Labute approximate surface area is 99.4 Å². The quantitative estimate of drug-likeness (QED) is 0.384. The van der Waals surface area contributed by atoms with Gasteiger partial charge in [0, 0.05) is 18.5 Å². The zero-order valence-corrected chi connectivity index (χ0v) is 9.75. The molecule has 2 N–H and O–H groups in total.